The molecule has 0 aliphatic rings. The Bertz CT molecular complexity index is 379. The van der Waals surface area contributed by atoms with E-state index in [9.17, 15) is 4.79 Å². The molecule has 0 bridgehead atoms. The van der Waals surface area contributed by atoms with E-state index in [0.717, 1.165) is 5.56 Å². The van der Waals surface area contributed by atoms with Crippen LogP contribution in [0.1, 0.15) is 24.0 Å². The molecule has 3 nitrogen and oxygen atoms in total. The number of hydrogen-bond acceptors (Lipinski definition) is 2. The normalized spacial score (nSPS) is 11.7. The number of aliphatic carboxylic acids is 1. The molecule has 0 heterocycles. The monoisotopic (exact) mass is 189 g/mol. The third-order valence-corrected chi connectivity index (χ3v) is 2.06. The zero-order valence-corrected chi connectivity index (χ0v) is 7.90. The molecule has 0 aliphatic heterocycles. The molecule has 0 amide bonds. The predicted molar refractivity (Wildman–Crippen MR) is 51.8 cm³/mol. The summed E-state index contributed by atoms with van der Waals surface area (Å²) in [6, 6.07) is 9.24. The van der Waals surface area contributed by atoms with Crippen LogP contribution >= 0.6 is 0 Å². The van der Waals surface area contributed by atoms with Crippen molar-refractivity contribution in [2.75, 3.05) is 0 Å². The van der Waals surface area contributed by atoms with Crippen molar-refractivity contribution in [2.45, 2.75) is 19.3 Å². The smallest absolute Gasteiger partial charge is 0.307 e. The minimum absolute atomic E-state index is 0.0256. The van der Waals surface area contributed by atoms with Crippen LogP contribution in [0.5, 0.6) is 0 Å². The second-order valence-electron chi connectivity index (χ2n) is 3.12. The van der Waals surface area contributed by atoms with Crippen molar-refractivity contribution >= 4 is 5.97 Å². The highest BCUT2D eigenvalue weighted by Crippen LogP contribution is 2.19. The number of hydrogen-bond donors (Lipinski definition) is 1. The minimum atomic E-state index is -0.873. The fourth-order valence-electron chi connectivity index (χ4n) is 1.35. The maximum atomic E-state index is 10.5. The van der Waals surface area contributed by atoms with Gasteiger partial charge in [0, 0.05) is 0 Å². The van der Waals surface area contributed by atoms with Crippen LogP contribution in [0.15, 0.2) is 24.3 Å². The number of nitriles is 1. The van der Waals surface area contributed by atoms with Gasteiger partial charge >= 0.3 is 5.97 Å². The summed E-state index contributed by atoms with van der Waals surface area (Å²) in [5.41, 5.74) is 1.52. The number of carboxylic acid groups (broad SMARTS) is 1. The first kappa shape index (κ1) is 10.3. The predicted octanol–water partition coefficient (Wildman–Crippen LogP) is 1.94. The SMILES string of the molecule is CC(C#N)c1ccccc1CC(=O)O. The van der Waals surface area contributed by atoms with Gasteiger partial charge in [0.05, 0.1) is 18.4 Å². The lowest BCUT2D eigenvalue weighted by atomic mass is 9.95. The third-order valence-electron chi connectivity index (χ3n) is 2.06. The van der Waals surface area contributed by atoms with Gasteiger partial charge in [-0.25, -0.2) is 0 Å². The molecule has 0 saturated heterocycles. The van der Waals surface area contributed by atoms with Gasteiger partial charge in [-0.1, -0.05) is 24.3 Å². The first-order chi connectivity index (χ1) is 6.65. The molecule has 72 valence electrons. The summed E-state index contributed by atoms with van der Waals surface area (Å²) < 4.78 is 0. The fourth-order valence-corrected chi connectivity index (χ4v) is 1.35. The lowest BCUT2D eigenvalue weighted by molar-refractivity contribution is -0.136. The average Bonchev–Trinajstić information content (AvgIpc) is 2.16. The topological polar surface area (TPSA) is 61.1 Å². The van der Waals surface area contributed by atoms with Crippen molar-refractivity contribution in [3.05, 3.63) is 35.4 Å². The number of benzene rings is 1. The Kier molecular flexibility index (Phi) is 3.24. The first-order valence-electron chi connectivity index (χ1n) is 4.34. The highest BCUT2D eigenvalue weighted by molar-refractivity contribution is 5.70. The van der Waals surface area contributed by atoms with Crippen LogP contribution in [0.2, 0.25) is 0 Å². The van der Waals surface area contributed by atoms with Crippen molar-refractivity contribution < 1.29 is 9.90 Å². The summed E-state index contributed by atoms with van der Waals surface area (Å²) in [6.07, 6.45) is -0.0256. The molecule has 0 aromatic heterocycles. The quantitative estimate of drug-likeness (QED) is 0.790. The van der Waals surface area contributed by atoms with Gasteiger partial charge in [-0.05, 0) is 18.1 Å². The molecule has 0 fully saturated rings. The largest absolute Gasteiger partial charge is 0.481 e. The van der Waals surface area contributed by atoms with E-state index in [0.29, 0.717) is 5.56 Å². The van der Waals surface area contributed by atoms with Gasteiger partial charge in [-0.2, -0.15) is 5.26 Å². The average molecular weight is 189 g/mol. The summed E-state index contributed by atoms with van der Waals surface area (Å²) in [6.45, 7) is 1.76. The molecule has 0 radical (unpaired) electrons. The molecule has 1 rings (SSSR count). The molecule has 1 unspecified atom stereocenters. The van der Waals surface area contributed by atoms with Crippen LogP contribution < -0.4 is 0 Å². The zero-order valence-electron chi connectivity index (χ0n) is 7.90. The third kappa shape index (κ3) is 2.33. The molecular formula is C11H11NO2. The standard InChI is InChI=1S/C11H11NO2/c1-8(7-12)10-5-3-2-4-9(10)6-11(13)14/h2-5,8H,6H2,1H3,(H,13,14). The molecule has 1 aromatic carbocycles. The Labute approximate surface area is 82.6 Å². The van der Waals surface area contributed by atoms with Crippen molar-refractivity contribution in [1.82, 2.24) is 0 Å². The van der Waals surface area contributed by atoms with Crippen molar-refractivity contribution in [2.24, 2.45) is 0 Å². The summed E-state index contributed by atoms with van der Waals surface area (Å²) in [5.74, 6) is -1.13. The van der Waals surface area contributed by atoms with Crippen molar-refractivity contribution in [1.29, 1.82) is 5.26 Å². The van der Waals surface area contributed by atoms with Crippen molar-refractivity contribution in [3.8, 4) is 6.07 Å². The second kappa shape index (κ2) is 4.43. The van der Waals surface area contributed by atoms with Crippen LogP contribution in [-0.4, -0.2) is 11.1 Å². The van der Waals surface area contributed by atoms with Gasteiger partial charge < -0.3 is 5.11 Å². The number of rotatable bonds is 3. The zero-order chi connectivity index (χ0) is 10.6. The summed E-state index contributed by atoms with van der Waals surface area (Å²) in [7, 11) is 0. The Morgan fingerprint density at radius 2 is 2.21 bits per heavy atom. The van der Waals surface area contributed by atoms with E-state index in [-0.39, 0.29) is 12.3 Å². The lowest BCUT2D eigenvalue weighted by Gasteiger charge is -2.08. The van der Waals surface area contributed by atoms with Gasteiger partial charge in [0.1, 0.15) is 0 Å². The van der Waals surface area contributed by atoms with E-state index in [1.54, 1.807) is 25.1 Å². The Balaban J connectivity index is 3.04. The van der Waals surface area contributed by atoms with E-state index in [2.05, 4.69) is 6.07 Å². The fraction of sp³-hybridized carbons (Fsp3) is 0.273. The molecule has 1 N–H and O–H groups in total. The Morgan fingerprint density at radius 1 is 1.57 bits per heavy atom. The molecule has 0 aliphatic carbocycles. The maximum Gasteiger partial charge on any atom is 0.307 e. The Hall–Kier alpha value is -1.82. The van der Waals surface area contributed by atoms with Gasteiger partial charge in [0.2, 0.25) is 0 Å². The summed E-state index contributed by atoms with van der Waals surface area (Å²) >= 11 is 0. The number of nitrogens with zero attached hydrogens (tertiary/aromatic N) is 1. The van der Waals surface area contributed by atoms with Gasteiger partial charge in [0.25, 0.3) is 0 Å². The van der Waals surface area contributed by atoms with Crippen LogP contribution in [0.4, 0.5) is 0 Å². The van der Waals surface area contributed by atoms with Gasteiger partial charge in [0.15, 0.2) is 0 Å². The summed E-state index contributed by atoms with van der Waals surface area (Å²) in [5, 5.41) is 17.4. The second-order valence-corrected chi connectivity index (χ2v) is 3.12. The number of carbonyl (C=O) groups is 1. The molecule has 3 heteroatoms. The van der Waals surface area contributed by atoms with Gasteiger partial charge in [-0.15, -0.1) is 0 Å². The van der Waals surface area contributed by atoms with Crippen LogP contribution in [-0.2, 0) is 11.2 Å². The van der Waals surface area contributed by atoms with E-state index < -0.39 is 5.97 Å². The summed E-state index contributed by atoms with van der Waals surface area (Å²) in [4.78, 5) is 10.5. The van der Waals surface area contributed by atoms with E-state index in [1.165, 1.54) is 0 Å². The highest BCUT2D eigenvalue weighted by Gasteiger charge is 2.11. The van der Waals surface area contributed by atoms with Crippen LogP contribution in [0.25, 0.3) is 0 Å². The Morgan fingerprint density at radius 3 is 2.79 bits per heavy atom. The minimum Gasteiger partial charge on any atom is -0.481 e. The highest BCUT2D eigenvalue weighted by atomic mass is 16.4. The maximum absolute atomic E-state index is 10.5. The molecule has 0 saturated carbocycles. The van der Waals surface area contributed by atoms with E-state index in [1.807, 2.05) is 6.07 Å². The van der Waals surface area contributed by atoms with Crippen LogP contribution in [0, 0.1) is 11.3 Å². The molecule has 1 aromatic rings. The molecule has 14 heavy (non-hydrogen) atoms. The first-order valence-corrected chi connectivity index (χ1v) is 4.34. The van der Waals surface area contributed by atoms with Crippen LogP contribution in [0.3, 0.4) is 0 Å². The molecule has 1 atom stereocenters. The number of carboxylic acids is 1. The lowest BCUT2D eigenvalue weighted by Crippen LogP contribution is -2.04. The van der Waals surface area contributed by atoms with Gasteiger partial charge in [-0.3, -0.25) is 4.79 Å². The molecule has 0 spiro atoms. The van der Waals surface area contributed by atoms with E-state index in [4.69, 9.17) is 10.4 Å². The van der Waals surface area contributed by atoms with Crippen molar-refractivity contribution in [3.63, 3.8) is 0 Å². The van der Waals surface area contributed by atoms with E-state index >= 15 is 0 Å². The molecular weight excluding hydrogens is 178 g/mol.